The maximum absolute atomic E-state index is 12.1. The Morgan fingerprint density at radius 2 is 2.00 bits per heavy atom. The fraction of sp³-hybridized carbons (Fsp3) is 0.444. The van der Waals surface area contributed by atoms with E-state index in [9.17, 15) is 4.79 Å². The van der Waals surface area contributed by atoms with Crippen LogP contribution in [0.3, 0.4) is 0 Å². The van der Waals surface area contributed by atoms with Crippen molar-refractivity contribution in [3.05, 3.63) is 33.6 Å². The summed E-state index contributed by atoms with van der Waals surface area (Å²) in [7, 11) is 0. The molecule has 0 radical (unpaired) electrons. The highest BCUT2D eigenvalue weighted by molar-refractivity contribution is 7.14. The van der Waals surface area contributed by atoms with Crippen LogP contribution in [0.4, 0.5) is 5.13 Å². The number of benzene rings is 1. The summed E-state index contributed by atoms with van der Waals surface area (Å²) in [6.07, 6.45) is 8.07. The van der Waals surface area contributed by atoms with E-state index in [2.05, 4.69) is 10.3 Å². The lowest BCUT2D eigenvalue weighted by molar-refractivity contribution is -0.116. The van der Waals surface area contributed by atoms with Crippen molar-refractivity contribution < 1.29 is 4.79 Å². The Hall–Kier alpha value is -1.10. The molecule has 1 aromatic heterocycles. The molecule has 3 nitrogen and oxygen atoms in total. The van der Waals surface area contributed by atoms with Gasteiger partial charge in [-0.1, -0.05) is 61.4 Å². The number of carbonyl (C=O) groups excluding carboxylic acids is 1. The molecule has 1 aromatic carbocycles. The molecule has 1 aliphatic carbocycles. The monoisotopic (exact) mass is 382 g/mol. The predicted molar refractivity (Wildman–Crippen MR) is 102 cm³/mol. The van der Waals surface area contributed by atoms with E-state index in [1.54, 1.807) is 12.1 Å². The minimum absolute atomic E-state index is 0.0515. The number of nitrogens with one attached hydrogen (secondary N) is 1. The molecule has 1 amide bonds. The molecule has 0 spiro atoms. The molecule has 1 saturated carbocycles. The van der Waals surface area contributed by atoms with Gasteiger partial charge in [0.05, 0.1) is 15.7 Å². The van der Waals surface area contributed by atoms with Crippen LogP contribution in [-0.2, 0) is 4.79 Å². The minimum Gasteiger partial charge on any atom is -0.302 e. The van der Waals surface area contributed by atoms with Gasteiger partial charge >= 0.3 is 0 Å². The van der Waals surface area contributed by atoms with Crippen LogP contribution in [0.1, 0.15) is 44.9 Å². The number of nitrogens with zero attached hydrogens (tertiary/aromatic N) is 1. The Balaban J connectivity index is 1.55. The molecule has 0 unspecified atom stereocenters. The number of amides is 1. The smallest absolute Gasteiger partial charge is 0.226 e. The van der Waals surface area contributed by atoms with Crippen LogP contribution in [0.15, 0.2) is 23.6 Å². The molecule has 128 valence electrons. The van der Waals surface area contributed by atoms with Crippen molar-refractivity contribution in [2.24, 2.45) is 5.92 Å². The number of hydrogen-bond donors (Lipinski definition) is 1. The Labute approximate surface area is 156 Å². The molecular weight excluding hydrogens is 363 g/mol. The predicted octanol–water partition coefficient (Wildman–Crippen LogP) is 6.42. The minimum atomic E-state index is 0.0515. The second kappa shape index (κ2) is 8.32. The van der Waals surface area contributed by atoms with Gasteiger partial charge in [-0.3, -0.25) is 4.79 Å². The first-order chi connectivity index (χ1) is 11.6. The first-order valence-corrected chi connectivity index (χ1v) is 9.96. The molecule has 1 heterocycles. The normalized spacial score (nSPS) is 15.4. The number of thiazole rings is 1. The second-order valence-electron chi connectivity index (χ2n) is 6.26. The van der Waals surface area contributed by atoms with Gasteiger partial charge in [0.15, 0.2) is 5.13 Å². The van der Waals surface area contributed by atoms with E-state index >= 15 is 0 Å². The quantitative estimate of drug-likeness (QED) is 0.648. The zero-order valence-corrected chi connectivity index (χ0v) is 15.7. The molecule has 6 heteroatoms. The highest BCUT2D eigenvalue weighted by atomic mass is 35.5. The van der Waals surface area contributed by atoms with Gasteiger partial charge in [-0.15, -0.1) is 11.3 Å². The molecule has 2 aromatic rings. The van der Waals surface area contributed by atoms with E-state index in [1.165, 1.54) is 43.4 Å². The summed E-state index contributed by atoms with van der Waals surface area (Å²) in [5.41, 5.74) is 1.68. The van der Waals surface area contributed by atoms with Gasteiger partial charge in [0, 0.05) is 17.4 Å². The SMILES string of the molecule is O=C(CCC1CCCCC1)Nc1nc(-c2ccc(Cl)c(Cl)c2)cs1. The maximum atomic E-state index is 12.1. The van der Waals surface area contributed by atoms with Gasteiger partial charge in [0.2, 0.25) is 5.91 Å². The lowest BCUT2D eigenvalue weighted by Crippen LogP contribution is -2.14. The molecule has 0 atom stereocenters. The van der Waals surface area contributed by atoms with Crippen LogP contribution < -0.4 is 5.32 Å². The third kappa shape index (κ3) is 4.71. The first kappa shape index (κ1) is 17.7. The summed E-state index contributed by atoms with van der Waals surface area (Å²) < 4.78 is 0. The molecule has 1 N–H and O–H groups in total. The lowest BCUT2D eigenvalue weighted by Gasteiger charge is -2.20. The van der Waals surface area contributed by atoms with Crippen molar-refractivity contribution in [2.45, 2.75) is 44.9 Å². The van der Waals surface area contributed by atoms with Crippen molar-refractivity contribution >= 4 is 45.6 Å². The number of rotatable bonds is 5. The maximum Gasteiger partial charge on any atom is 0.226 e. The molecule has 1 fully saturated rings. The molecule has 0 aliphatic heterocycles. The zero-order valence-electron chi connectivity index (χ0n) is 13.4. The number of halogens is 2. The van der Waals surface area contributed by atoms with Crippen LogP contribution in [-0.4, -0.2) is 10.9 Å². The number of anilines is 1. The Kier molecular flexibility index (Phi) is 6.14. The van der Waals surface area contributed by atoms with Crippen LogP contribution in [0.2, 0.25) is 10.0 Å². The highest BCUT2D eigenvalue weighted by Gasteiger charge is 2.15. The van der Waals surface area contributed by atoms with Gasteiger partial charge in [-0.25, -0.2) is 4.98 Å². The van der Waals surface area contributed by atoms with Crippen LogP contribution in [0, 0.1) is 5.92 Å². The van der Waals surface area contributed by atoms with Crippen LogP contribution >= 0.6 is 34.5 Å². The number of hydrogen-bond acceptors (Lipinski definition) is 3. The third-order valence-electron chi connectivity index (χ3n) is 4.47. The summed E-state index contributed by atoms with van der Waals surface area (Å²) in [4.78, 5) is 16.6. The van der Waals surface area contributed by atoms with Gasteiger partial charge in [0.1, 0.15) is 0 Å². The Bertz CT molecular complexity index is 711. The van der Waals surface area contributed by atoms with Gasteiger partial charge in [-0.05, 0) is 24.5 Å². The van der Waals surface area contributed by atoms with Crippen LogP contribution in [0.5, 0.6) is 0 Å². The molecule has 0 bridgehead atoms. The Morgan fingerprint density at radius 1 is 1.21 bits per heavy atom. The fourth-order valence-corrected chi connectivity index (χ4v) is 4.15. The van der Waals surface area contributed by atoms with Crippen molar-refractivity contribution in [3.8, 4) is 11.3 Å². The van der Waals surface area contributed by atoms with Gasteiger partial charge < -0.3 is 5.32 Å². The lowest BCUT2D eigenvalue weighted by atomic mass is 9.86. The molecule has 0 saturated heterocycles. The topological polar surface area (TPSA) is 42.0 Å². The van der Waals surface area contributed by atoms with Gasteiger partial charge in [0.25, 0.3) is 0 Å². The summed E-state index contributed by atoms with van der Waals surface area (Å²) in [5, 5.41) is 6.47. The van der Waals surface area contributed by atoms with E-state index in [4.69, 9.17) is 23.2 Å². The zero-order chi connectivity index (χ0) is 16.9. The summed E-state index contributed by atoms with van der Waals surface area (Å²) in [6, 6.07) is 5.41. The summed E-state index contributed by atoms with van der Waals surface area (Å²) in [6.45, 7) is 0. The first-order valence-electron chi connectivity index (χ1n) is 8.32. The van der Waals surface area contributed by atoms with Crippen molar-refractivity contribution in [1.29, 1.82) is 0 Å². The number of carbonyl (C=O) groups is 1. The molecular formula is C18H20Cl2N2OS. The van der Waals surface area contributed by atoms with E-state index in [-0.39, 0.29) is 5.91 Å². The van der Waals surface area contributed by atoms with E-state index < -0.39 is 0 Å². The number of aromatic nitrogens is 1. The van der Waals surface area contributed by atoms with E-state index in [0.717, 1.165) is 17.7 Å². The van der Waals surface area contributed by atoms with E-state index in [1.807, 2.05) is 11.4 Å². The fourth-order valence-electron chi connectivity index (χ4n) is 3.11. The van der Waals surface area contributed by atoms with Crippen LogP contribution in [0.25, 0.3) is 11.3 Å². The summed E-state index contributed by atoms with van der Waals surface area (Å²) in [5.74, 6) is 0.767. The van der Waals surface area contributed by atoms with E-state index in [0.29, 0.717) is 27.5 Å². The molecule has 3 rings (SSSR count). The summed E-state index contributed by atoms with van der Waals surface area (Å²) >= 11 is 13.4. The molecule has 24 heavy (non-hydrogen) atoms. The van der Waals surface area contributed by atoms with Gasteiger partial charge in [-0.2, -0.15) is 0 Å². The largest absolute Gasteiger partial charge is 0.302 e. The Morgan fingerprint density at radius 3 is 2.75 bits per heavy atom. The second-order valence-corrected chi connectivity index (χ2v) is 7.93. The van der Waals surface area contributed by atoms with Crippen molar-refractivity contribution in [2.75, 3.05) is 5.32 Å². The van der Waals surface area contributed by atoms with Crippen molar-refractivity contribution in [1.82, 2.24) is 4.98 Å². The average Bonchev–Trinajstić information content (AvgIpc) is 3.05. The highest BCUT2D eigenvalue weighted by Crippen LogP contribution is 2.31. The third-order valence-corrected chi connectivity index (χ3v) is 5.97. The van der Waals surface area contributed by atoms with Crippen molar-refractivity contribution in [3.63, 3.8) is 0 Å². The average molecular weight is 383 g/mol. The standard InChI is InChI=1S/C18H20Cl2N2OS/c19-14-8-7-13(10-15(14)20)16-11-24-18(21-16)22-17(23)9-6-12-4-2-1-3-5-12/h7-8,10-12H,1-6,9H2,(H,21,22,23). The molecule has 1 aliphatic rings.